The molecule has 2 amide bonds. The summed E-state index contributed by atoms with van der Waals surface area (Å²) in [6.07, 6.45) is 2.19. The van der Waals surface area contributed by atoms with Gasteiger partial charge in [0.25, 0.3) is 0 Å². The van der Waals surface area contributed by atoms with Crippen molar-refractivity contribution >= 4 is 23.8 Å². The molecule has 0 aromatic carbocycles. The van der Waals surface area contributed by atoms with E-state index in [0.29, 0.717) is 13.0 Å². The maximum absolute atomic E-state index is 11.7. The fourth-order valence-corrected chi connectivity index (χ4v) is 1.99. The van der Waals surface area contributed by atoms with Crippen LogP contribution in [0.4, 0.5) is 0 Å². The summed E-state index contributed by atoms with van der Waals surface area (Å²) in [5, 5.41) is 19.5. The first kappa shape index (κ1) is 15.9. The lowest BCUT2D eigenvalue weighted by Crippen LogP contribution is -2.47. The van der Waals surface area contributed by atoms with Gasteiger partial charge in [0.15, 0.2) is 0 Å². The maximum Gasteiger partial charge on any atom is 0.326 e. The van der Waals surface area contributed by atoms with Crippen LogP contribution in [0.5, 0.6) is 0 Å². The maximum atomic E-state index is 11.7. The van der Waals surface area contributed by atoms with Gasteiger partial charge in [0.1, 0.15) is 6.04 Å². The van der Waals surface area contributed by atoms with E-state index in [0.717, 1.165) is 19.3 Å². The lowest BCUT2D eigenvalue weighted by molar-refractivity contribution is -0.147. The molecule has 1 heterocycles. The van der Waals surface area contributed by atoms with Crippen molar-refractivity contribution in [2.24, 2.45) is 0 Å². The Bertz CT molecular complexity index is 409. The molecule has 20 heavy (non-hydrogen) atoms. The Morgan fingerprint density at radius 1 is 1.20 bits per heavy atom. The van der Waals surface area contributed by atoms with Crippen LogP contribution in [0.1, 0.15) is 32.1 Å². The predicted molar refractivity (Wildman–Crippen MR) is 66.9 cm³/mol. The van der Waals surface area contributed by atoms with Gasteiger partial charge in [-0.15, -0.1) is 0 Å². The second-order valence-corrected chi connectivity index (χ2v) is 4.68. The summed E-state index contributed by atoms with van der Waals surface area (Å²) in [7, 11) is 0. The molecule has 0 radical (unpaired) electrons. The van der Waals surface area contributed by atoms with Crippen molar-refractivity contribution in [2.45, 2.75) is 38.1 Å². The van der Waals surface area contributed by atoms with Crippen LogP contribution in [0.25, 0.3) is 0 Å². The molecule has 8 nitrogen and oxygen atoms in total. The fourth-order valence-electron chi connectivity index (χ4n) is 1.99. The van der Waals surface area contributed by atoms with E-state index in [2.05, 4.69) is 5.32 Å². The molecule has 112 valence electrons. The number of amides is 2. The van der Waals surface area contributed by atoms with Crippen LogP contribution in [0.2, 0.25) is 0 Å². The van der Waals surface area contributed by atoms with Gasteiger partial charge in [-0.25, -0.2) is 4.79 Å². The molecule has 1 aliphatic rings. The van der Waals surface area contributed by atoms with Gasteiger partial charge in [0, 0.05) is 13.0 Å². The van der Waals surface area contributed by atoms with Gasteiger partial charge in [-0.1, -0.05) is 6.42 Å². The molecule has 3 N–H and O–H groups in total. The number of carboxylic acids is 2. The van der Waals surface area contributed by atoms with E-state index in [1.165, 1.54) is 4.90 Å². The normalized spacial score (nSPS) is 17.2. The van der Waals surface area contributed by atoms with Crippen LogP contribution in [-0.4, -0.2) is 58.0 Å². The average molecular weight is 286 g/mol. The zero-order valence-electron chi connectivity index (χ0n) is 11.0. The number of carbonyl (C=O) groups excluding carboxylic acids is 2. The first-order chi connectivity index (χ1) is 9.40. The second kappa shape index (κ2) is 7.46. The molecule has 0 aliphatic carbocycles. The van der Waals surface area contributed by atoms with Gasteiger partial charge in [-0.05, 0) is 12.8 Å². The highest BCUT2D eigenvalue weighted by molar-refractivity contribution is 5.89. The Morgan fingerprint density at radius 3 is 2.50 bits per heavy atom. The van der Waals surface area contributed by atoms with Crippen molar-refractivity contribution in [1.29, 1.82) is 0 Å². The van der Waals surface area contributed by atoms with Crippen molar-refractivity contribution in [3.05, 3.63) is 0 Å². The summed E-state index contributed by atoms with van der Waals surface area (Å²) in [6.45, 7) is 0.227. The van der Waals surface area contributed by atoms with E-state index in [9.17, 15) is 19.2 Å². The minimum atomic E-state index is -1.48. The topological polar surface area (TPSA) is 124 Å². The van der Waals surface area contributed by atoms with Crippen LogP contribution in [-0.2, 0) is 19.2 Å². The molecule has 0 bridgehead atoms. The quantitative estimate of drug-likeness (QED) is 0.601. The molecule has 1 rings (SSSR count). The highest BCUT2D eigenvalue weighted by atomic mass is 16.4. The van der Waals surface area contributed by atoms with Crippen LogP contribution < -0.4 is 5.32 Å². The summed E-state index contributed by atoms with van der Waals surface area (Å²) >= 11 is 0. The van der Waals surface area contributed by atoms with Crippen LogP contribution in [0.3, 0.4) is 0 Å². The van der Waals surface area contributed by atoms with Gasteiger partial charge in [0.2, 0.25) is 11.8 Å². The first-order valence-electron chi connectivity index (χ1n) is 6.42. The molecule has 0 saturated carbocycles. The first-order valence-corrected chi connectivity index (χ1v) is 6.42. The summed E-state index contributed by atoms with van der Waals surface area (Å²) < 4.78 is 0. The Balaban J connectivity index is 2.53. The van der Waals surface area contributed by atoms with E-state index in [4.69, 9.17) is 10.2 Å². The summed E-state index contributed by atoms with van der Waals surface area (Å²) in [4.78, 5) is 46.1. The Kier molecular flexibility index (Phi) is 5.95. The number of rotatable bonds is 6. The average Bonchev–Trinajstić information content (AvgIpc) is 2.53. The second-order valence-electron chi connectivity index (χ2n) is 4.68. The van der Waals surface area contributed by atoms with Gasteiger partial charge in [-0.3, -0.25) is 14.4 Å². The number of nitrogens with one attached hydrogen (secondary N) is 1. The molecule has 0 spiro atoms. The van der Waals surface area contributed by atoms with Crippen molar-refractivity contribution < 1.29 is 29.4 Å². The van der Waals surface area contributed by atoms with Gasteiger partial charge >= 0.3 is 11.9 Å². The molecule has 8 heteroatoms. The van der Waals surface area contributed by atoms with Crippen LogP contribution in [0, 0.1) is 0 Å². The van der Waals surface area contributed by atoms with Crippen molar-refractivity contribution in [2.75, 3.05) is 13.1 Å². The standard InChI is InChI=1S/C12H18N2O6/c15-9(13-8(12(19)20)6-11(17)18)7-14-5-3-1-2-4-10(14)16/h8H,1-7H2,(H,13,15)(H,17,18)(H,19,20)/t8-/m1/s1. The van der Waals surface area contributed by atoms with Crippen LogP contribution in [0.15, 0.2) is 0 Å². The number of hydrogen-bond donors (Lipinski definition) is 3. The van der Waals surface area contributed by atoms with E-state index in [-0.39, 0.29) is 12.5 Å². The van der Waals surface area contributed by atoms with Crippen molar-refractivity contribution in [3.63, 3.8) is 0 Å². The lowest BCUT2D eigenvalue weighted by Gasteiger charge is -2.21. The van der Waals surface area contributed by atoms with Gasteiger partial charge < -0.3 is 20.4 Å². The predicted octanol–water partition coefficient (Wildman–Crippen LogP) is -0.567. The molecule has 1 atom stereocenters. The van der Waals surface area contributed by atoms with Gasteiger partial charge in [0.05, 0.1) is 13.0 Å². The number of hydrogen-bond acceptors (Lipinski definition) is 4. The third kappa shape index (κ3) is 5.25. The molecule has 0 unspecified atom stereocenters. The third-order valence-electron chi connectivity index (χ3n) is 3.02. The zero-order chi connectivity index (χ0) is 15.1. The smallest absolute Gasteiger partial charge is 0.326 e. The number of aliphatic carboxylic acids is 2. The lowest BCUT2D eigenvalue weighted by atomic mass is 10.2. The highest BCUT2D eigenvalue weighted by Crippen LogP contribution is 2.10. The molecule has 1 saturated heterocycles. The molecule has 1 aliphatic heterocycles. The SMILES string of the molecule is O=C(O)C[C@@H](NC(=O)CN1CCCCCC1=O)C(=O)O. The monoisotopic (exact) mass is 286 g/mol. The summed E-state index contributed by atoms with van der Waals surface area (Å²) in [5.74, 6) is -3.52. The van der Waals surface area contributed by atoms with E-state index >= 15 is 0 Å². The summed E-state index contributed by atoms with van der Waals surface area (Å²) in [5.41, 5.74) is 0. The number of carbonyl (C=O) groups is 4. The number of carboxylic acid groups (broad SMARTS) is 2. The van der Waals surface area contributed by atoms with Crippen molar-refractivity contribution in [1.82, 2.24) is 10.2 Å². The van der Waals surface area contributed by atoms with E-state index in [1.807, 2.05) is 0 Å². The molecular formula is C12H18N2O6. The Morgan fingerprint density at radius 2 is 1.90 bits per heavy atom. The zero-order valence-corrected chi connectivity index (χ0v) is 11.0. The molecule has 0 aromatic rings. The molecule has 1 fully saturated rings. The molecular weight excluding hydrogens is 268 g/mol. The third-order valence-corrected chi connectivity index (χ3v) is 3.02. The summed E-state index contributed by atoms with van der Waals surface area (Å²) in [6, 6.07) is -1.48. The number of nitrogens with zero attached hydrogens (tertiary/aromatic N) is 1. The minimum Gasteiger partial charge on any atom is -0.481 e. The fraction of sp³-hybridized carbons (Fsp3) is 0.667. The van der Waals surface area contributed by atoms with Crippen molar-refractivity contribution in [3.8, 4) is 0 Å². The molecule has 0 aromatic heterocycles. The largest absolute Gasteiger partial charge is 0.481 e. The Labute approximate surface area is 115 Å². The Hall–Kier alpha value is -2.12. The van der Waals surface area contributed by atoms with E-state index in [1.54, 1.807) is 0 Å². The van der Waals surface area contributed by atoms with E-state index < -0.39 is 30.3 Å². The highest BCUT2D eigenvalue weighted by Gasteiger charge is 2.25. The van der Waals surface area contributed by atoms with Crippen LogP contribution >= 0.6 is 0 Å². The number of likely N-dealkylation sites (tertiary alicyclic amines) is 1. The minimum absolute atomic E-state index is 0.136. The van der Waals surface area contributed by atoms with Gasteiger partial charge in [-0.2, -0.15) is 0 Å².